The molecular formula is C17H26N2O2. The molecule has 1 N–H and O–H groups in total. The van der Waals surface area contributed by atoms with Gasteiger partial charge in [-0.3, -0.25) is 0 Å². The zero-order valence-corrected chi connectivity index (χ0v) is 13.3. The molecule has 2 amide bonds. The van der Waals surface area contributed by atoms with E-state index in [0.717, 1.165) is 43.2 Å². The lowest BCUT2D eigenvalue weighted by Gasteiger charge is -2.30. The van der Waals surface area contributed by atoms with E-state index in [1.807, 2.05) is 43.0 Å². The van der Waals surface area contributed by atoms with Crippen LogP contribution in [0.4, 0.5) is 4.79 Å². The van der Waals surface area contributed by atoms with Gasteiger partial charge in [-0.2, -0.15) is 0 Å². The lowest BCUT2D eigenvalue weighted by molar-refractivity contribution is 0.173. The van der Waals surface area contributed by atoms with Crippen LogP contribution < -0.4 is 10.1 Å². The van der Waals surface area contributed by atoms with E-state index >= 15 is 0 Å². The summed E-state index contributed by atoms with van der Waals surface area (Å²) in [6, 6.07) is 7.93. The molecule has 4 heteroatoms. The second-order valence-corrected chi connectivity index (χ2v) is 6.14. The number of carbonyl (C=O) groups is 1. The van der Waals surface area contributed by atoms with Crippen molar-refractivity contribution in [1.82, 2.24) is 10.2 Å². The Kier molecular flexibility index (Phi) is 5.48. The van der Waals surface area contributed by atoms with Crippen molar-refractivity contribution >= 4 is 6.03 Å². The zero-order chi connectivity index (χ0) is 15.2. The van der Waals surface area contributed by atoms with Crippen LogP contribution in [0.3, 0.4) is 0 Å². The van der Waals surface area contributed by atoms with Crippen molar-refractivity contribution in [3.63, 3.8) is 0 Å². The summed E-state index contributed by atoms with van der Waals surface area (Å²) in [6.45, 7) is 8.53. The standard InChI is InChI=1S/C17H26N2O2/c1-13(2)21-16-6-4-5-15(11-16)12-18-17(20)19-9-7-14(3)8-10-19/h4-6,11,13-14H,7-10,12H2,1-3H3,(H,18,20). The molecule has 1 aromatic rings. The molecule has 1 aliphatic heterocycles. The number of nitrogens with zero attached hydrogens (tertiary/aromatic N) is 1. The van der Waals surface area contributed by atoms with Crippen LogP contribution in [0.15, 0.2) is 24.3 Å². The summed E-state index contributed by atoms with van der Waals surface area (Å²) in [5.41, 5.74) is 1.06. The Bertz CT molecular complexity index is 466. The van der Waals surface area contributed by atoms with Gasteiger partial charge in [0.2, 0.25) is 0 Å². The lowest BCUT2D eigenvalue weighted by atomic mass is 10.00. The van der Waals surface area contributed by atoms with Crippen molar-refractivity contribution in [2.75, 3.05) is 13.1 Å². The largest absolute Gasteiger partial charge is 0.491 e. The highest BCUT2D eigenvalue weighted by molar-refractivity contribution is 5.74. The number of benzene rings is 1. The van der Waals surface area contributed by atoms with Gasteiger partial charge in [0.05, 0.1) is 6.10 Å². The molecule has 0 bridgehead atoms. The third-order valence-corrected chi connectivity index (χ3v) is 3.78. The van der Waals surface area contributed by atoms with Gasteiger partial charge in [0.25, 0.3) is 0 Å². The topological polar surface area (TPSA) is 41.6 Å². The number of rotatable bonds is 4. The second-order valence-electron chi connectivity index (χ2n) is 6.14. The van der Waals surface area contributed by atoms with Gasteiger partial charge in [-0.25, -0.2) is 4.79 Å². The van der Waals surface area contributed by atoms with E-state index < -0.39 is 0 Å². The highest BCUT2D eigenvalue weighted by atomic mass is 16.5. The number of carbonyl (C=O) groups excluding carboxylic acids is 1. The van der Waals surface area contributed by atoms with E-state index in [-0.39, 0.29) is 12.1 Å². The molecule has 116 valence electrons. The first-order chi connectivity index (χ1) is 10.0. The van der Waals surface area contributed by atoms with Gasteiger partial charge in [0, 0.05) is 19.6 Å². The maximum Gasteiger partial charge on any atom is 0.317 e. The molecule has 0 aliphatic carbocycles. The van der Waals surface area contributed by atoms with Gasteiger partial charge >= 0.3 is 6.03 Å². The smallest absolute Gasteiger partial charge is 0.317 e. The fraction of sp³-hybridized carbons (Fsp3) is 0.588. The van der Waals surface area contributed by atoms with Crippen molar-refractivity contribution in [2.24, 2.45) is 5.92 Å². The van der Waals surface area contributed by atoms with Crippen LogP contribution in [0.5, 0.6) is 5.75 Å². The Balaban J connectivity index is 1.83. The van der Waals surface area contributed by atoms with Crippen LogP contribution in [0.1, 0.15) is 39.2 Å². The highest BCUT2D eigenvalue weighted by Gasteiger charge is 2.19. The van der Waals surface area contributed by atoms with E-state index in [4.69, 9.17) is 4.74 Å². The molecule has 0 radical (unpaired) electrons. The summed E-state index contributed by atoms with van der Waals surface area (Å²) < 4.78 is 5.67. The maximum atomic E-state index is 12.1. The summed E-state index contributed by atoms with van der Waals surface area (Å²) in [5.74, 6) is 1.59. The van der Waals surface area contributed by atoms with E-state index in [2.05, 4.69) is 12.2 Å². The molecule has 2 rings (SSSR count). The fourth-order valence-corrected chi connectivity index (χ4v) is 2.50. The molecule has 1 aromatic carbocycles. The van der Waals surface area contributed by atoms with Crippen molar-refractivity contribution in [1.29, 1.82) is 0 Å². The van der Waals surface area contributed by atoms with Crippen LogP contribution in [0, 0.1) is 5.92 Å². The third kappa shape index (κ3) is 4.96. The Morgan fingerprint density at radius 2 is 2.10 bits per heavy atom. The Hall–Kier alpha value is -1.71. The normalized spacial score (nSPS) is 16.1. The second kappa shape index (κ2) is 7.34. The van der Waals surface area contributed by atoms with Crippen LogP contribution in [0.25, 0.3) is 0 Å². The molecule has 1 heterocycles. The molecule has 0 aromatic heterocycles. The minimum Gasteiger partial charge on any atom is -0.491 e. The van der Waals surface area contributed by atoms with Crippen LogP contribution in [0.2, 0.25) is 0 Å². The summed E-state index contributed by atoms with van der Waals surface area (Å²) in [6.07, 6.45) is 2.36. The molecule has 1 aliphatic rings. The molecule has 0 spiro atoms. The third-order valence-electron chi connectivity index (χ3n) is 3.78. The van der Waals surface area contributed by atoms with Crippen LogP contribution >= 0.6 is 0 Å². The average molecular weight is 290 g/mol. The van der Waals surface area contributed by atoms with E-state index in [9.17, 15) is 4.79 Å². The zero-order valence-electron chi connectivity index (χ0n) is 13.3. The van der Waals surface area contributed by atoms with Crippen LogP contribution in [-0.4, -0.2) is 30.1 Å². The molecule has 1 saturated heterocycles. The lowest BCUT2D eigenvalue weighted by Crippen LogP contribution is -2.43. The first-order valence-electron chi connectivity index (χ1n) is 7.83. The van der Waals surface area contributed by atoms with Crippen molar-refractivity contribution in [3.8, 4) is 5.75 Å². The van der Waals surface area contributed by atoms with E-state index in [1.54, 1.807) is 0 Å². The number of piperidine rings is 1. The van der Waals surface area contributed by atoms with Gasteiger partial charge in [0.1, 0.15) is 5.75 Å². The van der Waals surface area contributed by atoms with Gasteiger partial charge in [-0.15, -0.1) is 0 Å². The summed E-state index contributed by atoms with van der Waals surface area (Å²) >= 11 is 0. The van der Waals surface area contributed by atoms with Gasteiger partial charge < -0.3 is 15.0 Å². The number of likely N-dealkylation sites (tertiary alicyclic amines) is 1. The van der Waals surface area contributed by atoms with Crippen molar-refractivity contribution in [3.05, 3.63) is 29.8 Å². The first kappa shape index (κ1) is 15.7. The fourth-order valence-electron chi connectivity index (χ4n) is 2.50. The number of nitrogens with one attached hydrogen (secondary N) is 1. The van der Waals surface area contributed by atoms with E-state index in [1.165, 1.54) is 0 Å². The highest BCUT2D eigenvalue weighted by Crippen LogP contribution is 2.17. The minimum atomic E-state index is 0.0390. The van der Waals surface area contributed by atoms with Gasteiger partial charge in [-0.1, -0.05) is 19.1 Å². The Morgan fingerprint density at radius 1 is 1.38 bits per heavy atom. The number of hydrogen-bond acceptors (Lipinski definition) is 2. The summed E-state index contributed by atoms with van der Waals surface area (Å²) in [4.78, 5) is 14.0. The van der Waals surface area contributed by atoms with Crippen LogP contribution in [-0.2, 0) is 6.54 Å². The van der Waals surface area contributed by atoms with Crippen molar-refractivity contribution in [2.45, 2.75) is 46.3 Å². The predicted octanol–water partition coefficient (Wildman–Crippen LogP) is 3.42. The summed E-state index contributed by atoms with van der Waals surface area (Å²) in [7, 11) is 0. The molecular weight excluding hydrogens is 264 g/mol. The van der Waals surface area contributed by atoms with E-state index in [0.29, 0.717) is 6.54 Å². The molecule has 0 atom stereocenters. The summed E-state index contributed by atoms with van der Waals surface area (Å²) in [5, 5.41) is 3.00. The molecule has 1 fully saturated rings. The number of hydrogen-bond donors (Lipinski definition) is 1. The molecule has 0 unspecified atom stereocenters. The van der Waals surface area contributed by atoms with Crippen molar-refractivity contribution < 1.29 is 9.53 Å². The quantitative estimate of drug-likeness (QED) is 0.923. The molecule has 4 nitrogen and oxygen atoms in total. The molecule has 21 heavy (non-hydrogen) atoms. The monoisotopic (exact) mass is 290 g/mol. The number of urea groups is 1. The van der Waals surface area contributed by atoms with Gasteiger partial charge in [-0.05, 0) is 50.3 Å². The minimum absolute atomic E-state index is 0.0390. The Morgan fingerprint density at radius 3 is 2.76 bits per heavy atom. The SMILES string of the molecule is CC1CCN(C(=O)NCc2cccc(OC(C)C)c2)CC1. The number of amides is 2. The first-order valence-corrected chi connectivity index (χ1v) is 7.83. The molecule has 0 saturated carbocycles. The van der Waals surface area contributed by atoms with Gasteiger partial charge in [0.15, 0.2) is 0 Å². The maximum absolute atomic E-state index is 12.1. The number of ether oxygens (including phenoxy) is 1. The average Bonchev–Trinajstić information content (AvgIpc) is 2.45. The predicted molar refractivity (Wildman–Crippen MR) is 84.4 cm³/mol. The Labute approximate surface area is 127 Å².